The fraction of sp³-hybridized carbons (Fsp3) is 0.0714. The van der Waals surface area contributed by atoms with Crippen molar-refractivity contribution in [2.24, 2.45) is 0 Å². The second kappa shape index (κ2) is 6.08. The van der Waals surface area contributed by atoms with Gasteiger partial charge in [-0.15, -0.1) is 11.8 Å². The molecule has 0 saturated carbocycles. The third kappa shape index (κ3) is 2.90. The Hall–Kier alpha value is -2.52. The molecule has 6 heteroatoms. The molecule has 2 rings (SSSR count). The van der Waals surface area contributed by atoms with Crippen molar-refractivity contribution < 1.29 is 4.92 Å². The highest BCUT2D eigenvalue weighted by atomic mass is 32.2. The molecule has 0 aliphatic heterocycles. The summed E-state index contributed by atoms with van der Waals surface area (Å²) in [6.07, 6.45) is 1.96. The first kappa shape index (κ1) is 13.9. The highest BCUT2D eigenvalue weighted by molar-refractivity contribution is 7.98. The number of anilines is 2. The Morgan fingerprint density at radius 2 is 2.05 bits per heavy atom. The maximum atomic E-state index is 10.9. The second-order valence-corrected chi connectivity index (χ2v) is 4.77. The lowest BCUT2D eigenvalue weighted by atomic mass is 10.1. The van der Waals surface area contributed by atoms with Crippen molar-refractivity contribution in [3.8, 4) is 6.07 Å². The normalized spacial score (nSPS) is 9.80. The van der Waals surface area contributed by atoms with Gasteiger partial charge in [-0.1, -0.05) is 12.1 Å². The summed E-state index contributed by atoms with van der Waals surface area (Å²) in [4.78, 5) is 11.4. The van der Waals surface area contributed by atoms with Crippen molar-refractivity contribution in [3.05, 3.63) is 58.1 Å². The summed E-state index contributed by atoms with van der Waals surface area (Å²) in [6, 6.07) is 14.0. The predicted molar refractivity (Wildman–Crippen MR) is 79.3 cm³/mol. The minimum absolute atomic E-state index is 0.0544. The molecule has 0 unspecified atom stereocenters. The second-order valence-electron chi connectivity index (χ2n) is 3.93. The lowest BCUT2D eigenvalue weighted by Gasteiger charge is -2.10. The molecule has 1 N–H and O–H groups in total. The quantitative estimate of drug-likeness (QED) is 0.523. The van der Waals surface area contributed by atoms with Gasteiger partial charge in [-0.05, 0) is 30.5 Å². The van der Waals surface area contributed by atoms with Crippen LogP contribution in [0, 0.1) is 21.4 Å². The standard InChI is InChI=1S/C14H11N3O2S/c1-20-14-5-3-2-4-12(14)16-11-7-6-10(9-15)13(8-11)17(18)19/h2-8,16H,1H3. The van der Waals surface area contributed by atoms with Crippen LogP contribution in [-0.2, 0) is 0 Å². The van der Waals surface area contributed by atoms with E-state index in [9.17, 15) is 10.1 Å². The number of rotatable bonds is 4. The highest BCUT2D eigenvalue weighted by Gasteiger charge is 2.14. The molecule has 0 saturated heterocycles. The zero-order chi connectivity index (χ0) is 14.5. The van der Waals surface area contributed by atoms with Crippen LogP contribution in [0.15, 0.2) is 47.4 Å². The third-order valence-electron chi connectivity index (χ3n) is 2.70. The van der Waals surface area contributed by atoms with E-state index in [1.54, 1.807) is 17.8 Å². The van der Waals surface area contributed by atoms with Crippen LogP contribution in [0.2, 0.25) is 0 Å². The van der Waals surface area contributed by atoms with Crippen LogP contribution in [0.25, 0.3) is 0 Å². The summed E-state index contributed by atoms with van der Waals surface area (Å²) in [5.74, 6) is 0. The molecule has 2 aromatic rings. The lowest BCUT2D eigenvalue weighted by molar-refractivity contribution is -0.385. The Balaban J connectivity index is 2.38. The molecule has 0 heterocycles. The molecule has 0 aromatic heterocycles. The fourth-order valence-corrected chi connectivity index (χ4v) is 2.31. The van der Waals surface area contributed by atoms with Crippen LogP contribution in [0.4, 0.5) is 17.1 Å². The number of nitrogens with zero attached hydrogens (tertiary/aromatic N) is 2. The van der Waals surface area contributed by atoms with Crippen LogP contribution < -0.4 is 5.32 Å². The molecule has 0 bridgehead atoms. The molecule has 0 radical (unpaired) electrons. The van der Waals surface area contributed by atoms with Gasteiger partial charge in [0.05, 0.1) is 10.6 Å². The van der Waals surface area contributed by atoms with Crippen LogP contribution in [0.1, 0.15) is 5.56 Å². The van der Waals surface area contributed by atoms with E-state index < -0.39 is 4.92 Å². The fourth-order valence-electron chi connectivity index (χ4n) is 1.76. The number of nitriles is 1. The average molecular weight is 285 g/mol. The van der Waals surface area contributed by atoms with Crippen molar-refractivity contribution in [2.75, 3.05) is 11.6 Å². The van der Waals surface area contributed by atoms with E-state index in [2.05, 4.69) is 5.32 Å². The molecular weight excluding hydrogens is 274 g/mol. The van der Waals surface area contributed by atoms with E-state index in [0.717, 1.165) is 10.6 Å². The lowest BCUT2D eigenvalue weighted by Crippen LogP contribution is -1.96. The van der Waals surface area contributed by atoms with Crippen LogP contribution in [-0.4, -0.2) is 11.2 Å². The molecule has 2 aromatic carbocycles. The van der Waals surface area contributed by atoms with Gasteiger partial charge in [-0.2, -0.15) is 5.26 Å². The maximum absolute atomic E-state index is 10.9. The summed E-state index contributed by atoms with van der Waals surface area (Å²) >= 11 is 1.58. The third-order valence-corrected chi connectivity index (χ3v) is 3.50. The van der Waals surface area contributed by atoms with Crippen LogP contribution >= 0.6 is 11.8 Å². The first-order valence-corrected chi connectivity index (χ1v) is 6.96. The molecule has 0 aliphatic carbocycles. The van der Waals surface area contributed by atoms with Gasteiger partial charge in [-0.25, -0.2) is 0 Å². The minimum Gasteiger partial charge on any atom is -0.354 e. The summed E-state index contributed by atoms with van der Waals surface area (Å²) in [6.45, 7) is 0. The van der Waals surface area contributed by atoms with E-state index in [4.69, 9.17) is 5.26 Å². The Bertz CT molecular complexity index is 695. The summed E-state index contributed by atoms with van der Waals surface area (Å²) in [7, 11) is 0. The number of nitrogens with one attached hydrogen (secondary N) is 1. The molecule has 0 spiro atoms. The van der Waals surface area contributed by atoms with Crippen molar-refractivity contribution in [1.29, 1.82) is 5.26 Å². The number of nitro groups is 1. The SMILES string of the molecule is CSc1ccccc1Nc1ccc(C#N)c([N+](=O)[O-])c1. The van der Waals surface area contributed by atoms with Gasteiger partial charge in [0.25, 0.3) is 5.69 Å². The number of para-hydroxylation sites is 1. The average Bonchev–Trinajstić information content (AvgIpc) is 2.47. The summed E-state index contributed by atoms with van der Waals surface area (Å²) in [5.41, 5.74) is 1.31. The van der Waals surface area contributed by atoms with Gasteiger partial charge in [0.1, 0.15) is 11.6 Å². The van der Waals surface area contributed by atoms with Gasteiger partial charge >= 0.3 is 0 Å². The van der Waals surface area contributed by atoms with E-state index in [1.165, 1.54) is 12.1 Å². The number of benzene rings is 2. The van der Waals surface area contributed by atoms with E-state index in [1.807, 2.05) is 36.6 Å². The zero-order valence-corrected chi connectivity index (χ0v) is 11.5. The van der Waals surface area contributed by atoms with Crippen LogP contribution in [0.3, 0.4) is 0 Å². The number of hydrogen-bond acceptors (Lipinski definition) is 5. The number of thioether (sulfide) groups is 1. The van der Waals surface area contributed by atoms with Gasteiger partial charge in [0.15, 0.2) is 0 Å². The smallest absolute Gasteiger partial charge is 0.289 e. The molecule has 0 atom stereocenters. The summed E-state index contributed by atoms with van der Waals surface area (Å²) in [5, 5.41) is 22.9. The molecule has 0 amide bonds. The Morgan fingerprint density at radius 3 is 2.70 bits per heavy atom. The molecule has 0 aliphatic rings. The first-order chi connectivity index (χ1) is 9.65. The van der Waals surface area contributed by atoms with Gasteiger partial charge in [-0.3, -0.25) is 10.1 Å². The topological polar surface area (TPSA) is 79.0 Å². The first-order valence-electron chi connectivity index (χ1n) is 5.74. The summed E-state index contributed by atoms with van der Waals surface area (Å²) < 4.78 is 0. The van der Waals surface area contributed by atoms with Gasteiger partial charge < -0.3 is 5.32 Å². The maximum Gasteiger partial charge on any atom is 0.289 e. The number of hydrogen-bond donors (Lipinski definition) is 1. The van der Waals surface area contributed by atoms with Crippen LogP contribution in [0.5, 0.6) is 0 Å². The van der Waals surface area contributed by atoms with Crippen molar-refractivity contribution in [2.45, 2.75) is 4.90 Å². The van der Waals surface area contributed by atoms with Crippen molar-refractivity contribution in [1.82, 2.24) is 0 Å². The Labute approximate surface area is 120 Å². The predicted octanol–water partition coefficient (Wildman–Crippen LogP) is 3.93. The monoisotopic (exact) mass is 285 g/mol. The zero-order valence-electron chi connectivity index (χ0n) is 10.7. The Morgan fingerprint density at radius 1 is 1.30 bits per heavy atom. The van der Waals surface area contributed by atoms with E-state index >= 15 is 0 Å². The van der Waals surface area contributed by atoms with E-state index in [0.29, 0.717) is 5.69 Å². The van der Waals surface area contributed by atoms with Gasteiger partial charge in [0, 0.05) is 16.6 Å². The highest BCUT2D eigenvalue weighted by Crippen LogP contribution is 2.30. The largest absolute Gasteiger partial charge is 0.354 e. The van der Waals surface area contributed by atoms with Crippen molar-refractivity contribution in [3.63, 3.8) is 0 Å². The molecule has 0 fully saturated rings. The Kier molecular flexibility index (Phi) is 4.23. The molecule has 5 nitrogen and oxygen atoms in total. The minimum atomic E-state index is -0.551. The molecule has 100 valence electrons. The van der Waals surface area contributed by atoms with Gasteiger partial charge in [0.2, 0.25) is 0 Å². The van der Waals surface area contributed by atoms with E-state index in [-0.39, 0.29) is 11.3 Å². The number of nitro benzene ring substituents is 1. The van der Waals surface area contributed by atoms with Crippen molar-refractivity contribution >= 4 is 28.8 Å². The molecular formula is C14H11N3O2S. The molecule has 20 heavy (non-hydrogen) atoms.